The van der Waals surface area contributed by atoms with Crippen LogP contribution in [-0.4, -0.2) is 28.1 Å². The van der Waals surface area contributed by atoms with E-state index in [1.165, 1.54) is 24.8 Å². The average Bonchev–Trinajstić information content (AvgIpc) is 2.78. The van der Waals surface area contributed by atoms with E-state index in [0.717, 1.165) is 18.6 Å². The van der Waals surface area contributed by atoms with E-state index < -0.39 is 0 Å². The van der Waals surface area contributed by atoms with Crippen LogP contribution in [0.25, 0.3) is 11.0 Å². The monoisotopic (exact) mass is 244 g/mol. The largest absolute Gasteiger partial charge is 0.316 e. The first-order valence-electron chi connectivity index (χ1n) is 6.91. The minimum absolute atomic E-state index is 0.529. The second-order valence-corrected chi connectivity index (χ2v) is 5.13. The number of para-hydroxylation sites is 1. The van der Waals surface area contributed by atoms with Crippen molar-refractivity contribution in [2.45, 2.75) is 32.2 Å². The van der Waals surface area contributed by atoms with E-state index in [9.17, 15) is 0 Å². The Balaban J connectivity index is 1.74. The third-order valence-corrected chi connectivity index (χ3v) is 3.90. The molecule has 1 aliphatic carbocycles. The van der Waals surface area contributed by atoms with E-state index >= 15 is 0 Å². The Labute approximate surface area is 107 Å². The predicted molar refractivity (Wildman–Crippen MR) is 72.4 cm³/mol. The first-order chi connectivity index (χ1) is 8.90. The molecular formula is C14H20N4. The van der Waals surface area contributed by atoms with Crippen molar-refractivity contribution < 1.29 is 0 Å². The summed E-state index contributed by atoms with van der Waals surface area (Å²) in [5, 5.41) is 12.1. The van der Waals surface area contributed by atoms with Gasteiger partial charge in [-0.3, -0.25) is 0 Å². The third-order valence-electron chi connectivity index (χ3n) is 3.90. The molecule has 2 aromatic rings. The highest BCUT2D eigenvalue weighted by molar-refractivity contribution is 5.74. The van der Waals surface area contributed by atoms with Crippen molar-refractivity contribution in [2.75, 3.05) is 13.1 Å². The molecule has 0 radical (unpaired) electrons. The predicted octanol–water partition coefficient (Wildman–Crippen LogP) is 2.38. The third kappa shape index (κ3) is 2.01. The lowest BCUT2D eigenvalue weighted by atomic mass is 9.79. The normalized spacial score (nSPS) is 23.2. The number of hydrogen-bond donors (Lipinski definition) is 1. The van der Waals surface area contributed by atoms with Gasteiger partial charge in [-0.1, -0.05) is 24.3 Å². The lowest BCUT2D eigenvalue weighted by Crippen LogP contribution is -2.37. The van der Waals surface area contributed by atoms with E-state index in [2.05, 4.69) is 39.4 Å². The number of benzene rings is 1. The summed E-state index contributed by atoms with van der Waals surface area (Å²) in [5.74, 6) is 0.710. The molecular weight excluding hydrogens is 224 g/mol. The molecule has 96 valence electrons. The first kappa shape index (κ1) is 11.7. The van der Waals surface area contributed by atoms with Crippen molar-refractivity contribution in [1.82, 2.24) is 20.3 Å². The topological polar surface area (TPSA) is 42.7 Å². The summed E-state index contributed by atoms with van der Waals surface area (Å²) >= 11 is 0. The Bertz CT molecular complexity index is 519. The van der Waals surface area contributed by atoms with Crippen molar-refractivity contribution in [3.05, 3.63) is 24.3 Å². The van der Waals surface area contributed by atoms with E-state index in [1.807, 2.05) is 12.1 Å². The number of nitrogens with one attached hydrogen (secondary N) is 1. The minimum Gasteiger partial charge on any atom is -0.316 e. The fourth-order valence-corrected chi connectivity index (χ4v) is 2.71. The van der Waals surface area contributed by atoms with Crippen LogP contribution in [0.3, 0.4) is 0 Å². The maximum absolute atomic E-state index is 4.33. The highest BCUT2D eigenvalue weighted by Crippen LogP contribution is 2.38. The number of aromatic nitrogens is 3. The molecule has 0 saturated heterocycles. The molecule has 1 N–H and O–H groups in total. The molecule has 0 amide bonds. The average molecular weight is 244 g/mol. The van der Waals surface area contributed by atoms with Crippen LogP contribution in [0.4, 0.5) is 0 Å². The van der Waals surface area contributed by atoms with Crippen LogP contribution in [0.2, 0.25) is 0 Å². The zero-order valence-electron chi connectivity index (χ0n) is 10.8. The van der Waals surface area contributed by atoms with Gasteiger partial charge in [0.1, 0.15) is 5.52 Å². The molecule has 0 bridgehead atoms. The van der Waals surface area contributed by atoms with Gasteiger partial charge in [0.2, 0.25) is 0 Å². The Hall–Kier alpha value is -1.42. The van der Waals surface area contributed by atoms with Crippen LogP contribution in [0.1, 0.15) is 32.2 Å². The Kier molecular flexibility index (Phi) is 3.28. The fourth-order valence-electron chi connectivity index (χ4n) is 2.71. The van der Waals surface area contributed by atoms with Gasteiger partial charge in [-0.05, 0) is 50.4 Å². The summed E-state index contributed by atoms with van der Waals surface area (Å²) in [5.41, 5.74) is 2.17. The minimum atomic E-state index is 0.529. The molecule has 1 heterocycles. The molecule has 1 aliphatic rings. The van der Waals surface area contributed by atoms with E-state index in [0.29, 0.717) is 12.0 Å². The summed E-state index contributed by atoms with van der Waals surface area (Å²) in [6.07, 6.45) is 3.73. The molecule has 2 atom stereocenters. The quantitative estimate of drug-likeness (QED) is 0.821. The highest BCUT2D eigenvalue weighted by atomic mass is 15.4. The zero-order valence-corrected chi connectivity index (χ0v) is 10.8. The van der Waals surface area contributed by atoms with E-state index in [-0.39, 0.29) is 0 Å². The fraction of sp³-hybridized carbons (Fsp3) is 0.571. The SMILES string of the molecule is CCCNCC1CCC1n1nnc2ccccc21. The summed E-state index contributed by atoms with van der Waals surface area (Å²) in [6.45, 7) is 4.42. The maximum Gasteiger partial charge on any atom is 0.113 e. The van der Waals surface area contributed by atoms with Gasteiger partial charge in [0, 0.05) is 0 Å². The molecule has 1 aromatic carbocycles. The summed E-state index contributed by atoms with van der Waals surface area (Å²) in [4.78, 5) is 0. The molecule has 4 heteroatoms. The Morgan fingerprint density at radius 3 is 3.00 bits per heavy atom. The van der Waals surface area contributed by atoms with Crippen LogP contribution < -0.4 is 5.32 Å². The molecule has 0 spiro atoms. The van der Waals surface area contributed by atoms with E-state index in [1.54, 1.807) is 0 Å². The maximum atomic E-state index is 4.33. The number of nitrogens with zero attached hydrogens (tertiary/aromatic N) is 3. The first-order valence-corrected chi connectivity index (χ1v) is 6.91. The van der Waals surface area contributed by atoms with Crippen molar-refractivity contribution in [2.24, 2.45) is 5.92 Å². The molecule has 1 fully saturated rings. The molecule has 18 heavy (non-hydrogen) atoms. The summed E-state index contributed by atoms with van der Waals surface area (Å²) in [7, 11) is 0. The molecule has 2 unspecified atom stereocenters. The van der Waals surface area contributed by atoms with Gasteiger partial charge in [0.15, 0.2) is 0 Å². The Morgan fingerprint density at radius 1 is 1.33 bits per heavy atom. The Morgan fingerprint density at radius 2 is 2.22 bits per heavy atom. The van der Waals surface area contributed by atoms with Crippen molar-refractivity contribution in [3.8, 4) is 0 Å². The second kappa shape index (κ2) is 5.06. The lowest BCUT2D eigenvalue weighted by molar-refractivity contribution is 0.165. The second-order valence-electron chi connectivity index (χ2n) is 5.13. The van der Waals surface area contributed by atoms with Gasteiger partial charge in [-0.2, -0.15) is 0 Å². The number of rotatable bonds is 5. The standard InChI is InChI=1S/C14H20N4/c1-2-9-15-10-11-7-8-13(11)18-14-6-4-3-5-12(14)16-17-18/h3-6,11,13,15H,2,7-10H2,1H3. The molecule has 4 nitrogen and oxygen atoms in total. The van der Waals surface area contributed by atoms with Crippen LogP contribution >= 0.6 is 0 Å². The van der Waals surface area contributed by atoms with Gasteiger partial charge in [0.05, 0.1) is 11.6 Å². The van der Waals surface area contributed by atoms with Gasteiger partial charge in [-0.25, -0.2) is 4.68 Å². The summed E-state index contributed by atoms with van der Waals surface area (Å²) in [6, 6.07) is 8.75. The van der Waals surface area contributed by atoms with Crippen molar-refractivity contribution >= 4 is 11.0 Å². The van der Waals surface area contributed by atoms with Crippen molar-refractivity contribution in [1.29, 1.82) is 0 Å². The summed E-state index contributed by atoms with van der Waals surface area (Å²) < 4.78 is 2.12. The molecule has 1 aromatic heterocycles. The molecule has 0 aliphatic heterocycles. The van der Waals surface area contributed by atoms with Gasteiger partial charge >= 0.3 is 0 Å². The van der Waals surface area contributed by atoms with Crippen LogP contribution in [0.5, 0.6) is 0 Å². The van der Waals surface area contributed by atoms with Gasteiger partial charge < -0.3 is 5.32 Å². The smallest absolute Gasteiger partial charge is 0.113 e. The van der Waals surface area contributed by atoms with Crippen molar-refractivity contribution in [3.63, 3.8) is 0 Å². The van der Waals surface area contributed by atoms with E-state index in [4.69, 9.17) is 0 Å². The zero-order chi connectivity index (χ0) is 12.4. The van der Waals surface area contributed by atoms with Crippen LogP contribution in [0, 0.1) is 5.92 Å². The van der Waals surface area contributed by atoms with Gasteiger partial charge in [-0.15, -0.1) is 5.10 Å². The number of hydrogen-bond acceptors (Lipinski definition) is 3. The van der Waals surface area contributed by atoms with Gasteiger partial charge in [0.25, 0.3) is 0 Å². The molecule has 1 saturated carbocycles. The van der Waals surface area contributed by atoms with Crippen LogP contribution in [0.15, 0.2) is 24.3 Å². The van der Waals surface area contributed by atoms with Crippen LogP contribution in [-0.2, 0) is 0 Å². The molecule has 3 rings (SSSR count). The highest BCUT2D eigenvalue weighted by Gasteiger charge is 2.33. The number of fused-ring (bicyclic) bond motifs is 1. The lowest BCUT2D eigenvalue weighted by Gasteiger charge is -2.36.